The van der Waals surface area contributed by atoms with Crippen LogP contribution in [-0.2, 0) is 11.3 Å². The Morgan fingerprint density at radius 1 is 1.12 bits per heavy atom. The highest BCUT2D eigenvalue weighted by molar-refractivity contribution is 5.85. The molecule has 2 heterocycles. The van der Waals surface area contributed by atoms with Gasteiger partial charge in [0.05, 0.1) is 26.0 Å². The van der Waals surface area contributed by atoms with E-state index in [1.807, 2.05) is 30.3 Å². The quantitative estimate of drug-likeness (QED) is 0.589. The summed E-state index contributed by atoms with van der Waals surface area (Å²) in [6.45, 7) is 6.89. The lowest BCUT2D eigenvalue weighted by Gasteiger charge is -2.36. The fourth-order valence-electron chi connectivity index (χ4n) is 4.36. The summed E-state index contributed by atoms with van der Waals surface area (Å²) in [6, 6.07) is 11.9. The van der Waals surface area contributed by atoms with Crippen molar-refractivity contribution in [2.24, 2.45) is 11.8 Å². The van der Waals surface area contributed by atoms with Gasteiger partial charge in [0, 0.05) is 24.7 Å². The van der Waals surface area contributed by atoms with Crippen molar-refractivity contribution in [2.75, 3.05) is 27.3 Å². The molecule has 1 saturated heterocycles. The molecule has 0 saturated carbocycles. The van der Waals surface area contributed by atoms with Crippen LogP contribution in [0.15, 0.2) is 42.6 Å². The molecule has 32 heavy (non-hydrogen) atoms. The van der Waals surface area contributed by atoms with Crippen molar-refractivity contribution < 1.29 is 14.3 Å². The van der Waals surface area contributed by atoms with Gasteiger partial charge in [-0.2, -0.15) is 0 Å². The van der Waals surface area contributed by atoms with Crippen molar-refractivity contribution in [3.63, 3.8) is 0 Å². The molecule has 7 heteroatoms. The molecule has 1 aromatic heterocycles. The van der Waals surface area contributed by atoms with Crippen LogP contribution in [0, 0.1) is 11.8 Å². The summed E-state index contributed by atoms with van der Waals surface area (Å²) in [7, 11) is 3.35. The first-order valence-corrected chi connectivity index (χ1v) is 11.1. The average molecular weight is 462 g/mol. The first kappa shape index (κ1) is 25.9. The molecule has 6 nitrogen and oxygen atoms in total. The number of nitrogens with one attached hydrogen (secondary N) is 1. The normalized spacial score (nSPS) is 15.7. The second kappa shape index (κ2) is 12.7. The zero-order valence-corrected chi connectivity index (χ0v) is 20.4. The molecule has 1 fully saturated rings. The smallest absolute Gasteiger partial charge is 0.220 e. The van der Waals surface area contributed by atoms with Gasteiger partial charge in [-0.15, -0.1) is 12.4 Å². The van der Waals surface area contributed by atoms with Crippen LogP contribution in [-0.4, -0.2) is 43.1 Å². The van der Waals surface area contributed by atoms with Crippen LogP contribution < -0.4 is 14.8 Å². The number of pyridine rings is 1. The Balaban J connectivity index is 0.00000363. The third-order valence-electron chi connectivity index (χ3n) is 5.90. The zero-order valence-electron chi connectivity index (χ0n) is 19.5. The average Bonchev–Trinajstić information content (AvgIpc) is 2.78. The maximum atomic E-state index is 12.5. The number of piperidine rings is 1. The lowest BCUT2D eigenvalue weighted by molar-refractivity contribution is -0.123. The van der Waals surface area contributed by atoms with Crippen molar-refractivity contribution in [1.29, 1.82) is 0 Å². The number of aromatic nitrogens is 1. The summed E-state index contributed by atoms with van der Waals surface area (Å²) in [5.41, 5.74) is 2.08. The topological polar surface area (TPSA) is 63.7 Å². The van der Waals surface area contributed by atoms with Crippen LogP contribution >= 0.6 is 12.4 Å². The molecule has 1 N–H and O–H groups in total. The molecule has 1 amide bonds. The predicted molar refractivity (Wildman–Crippen MR) is 129 cm³/mol. The van der Waals surface area contributed by atoms with Gasteiger partial charge in [0.1, 0.15) is 0 Å². The highest BCUT2D eigenvalue weighted by Gasteiger charge is 2.30. The molecule has 1 aliphatic rings. The van der Waals surface area contributed by atoms with Crippen molar-refractivity contribution in [3.05, 3.63) is 53.9 Å². The monoisotopic (exact) mass is 461 g/mol. The van der Waals surface area contributed by atoms with E-state index >= 15 is 0 Å². The van der Waals surface area contributed by atoms with Crippen LogP contribution in [0.2, 0.25) is 0 Å². The Labute approximate surface area is 198 Å². The fraction of sp³-hybridized carbons (Fsp3) is 0.520. The first-order valence-electron chi connectivity index (χ1n) is 11.1. The van der Waals surface area contributed by atoms with Crippen LogP contribution in [0.3, 0.4) is 0 Å². The predicted octanol–water partition coefficient (Wildman–Crippen LogP) is 4.64. The van der Waals surface area contributed by atoms with E-state index in [4.69, 9.17) is 9.47 Å². The van der Waals surface area contributed by atoms with Crippen molar-refractivity contribution in [1.82, 2.24) is 15.2 Å². The largest absolute Gasteiger partial charge is 0.493 e. The highest BCUT2D eigenvalue weighted by Crippen LogP contribution is 2.34. The summed E-state index contributed by atoms with van der Waals surface area (Å²) in [5.74, 6) is 2.38. The Morgan fingerprint density at radius 2 is 1.88 bits per heavy atom. The van der Waals surface area contributed by atoms with E-state index in [1.54, 1.807) is 20.4 Å². The van der Waals surface area contributed by atoms with E-state index in [9.17, 15) is 4.79 Å². The third-order valence-corrected chi connectivity index (χ3v) is 5.90. The van der Waals surface area contributed by atoms with Crippen molar-refractivity contribution in [2.45, 2.75) is 45.7 Å². The van der Waals surface area contributed by atoms with Gasteiger partial charge in [0.15, 0.2) is 11.5 Å². The maximum Gasteiger partial charge on any atom is 0.220 e. The number of methoxy groups -OCH3 is 2. The van der Waals surface area contributed by atoms with Crippen LogP contribution in [0.5, 0.6) is 11.5 Å². The first-order chi connectivity index (χ1) is 15.0. The molecule has 1 aromatic carbocycles. The van der Waals surface area contributed by atoms with E-state index in [0.717, 1.165) is 55.2 Å². The van der Waals surface area contributed by atoms with E-state index in [2.05, 4.69) is 35.1 Å². The molecule has 0 radical (unpaired) electrons. The summed E-state index contributed by atoms with van der Waals surface area (Å²) in [4.78, 5) is 19.5. The summed E-state index contributed by atoms with van der Waals surface area (Å²) < 4.78 is 11.0. The number of benzene rings is 1. The minimum atomic E-state index is -0.0408. The molecular formula is C25H36ClN3O3. The molecule has 0 bridgehead atoms. The second-order valence-electron chi connectivity index (χ2n) is 8.66. The Morgan fingerprint density at radius 3 is 2.47 bits per heavy atom. The standard InChI is InChI=1S/C25H35N3O3.ClH/c1-18(2)16-23(29)27-24(21-9-5-6-13-26-21)19-11-14-28(15-12-19)17-20-8-7-10-22(30-3)25(20)31-4;/h5-10,13,18-19,24H,11-12,14-17H2,1-4H3,(H,27,29);1H. The molecule has 1 atom stereocenters. The maximum absolute atomic E-state index is 12.5. The number of carbonyl (C=O) groups excluding carboxylic acids is 1. The number of halogens is 1. The minimum Gasteiger partial charge on any atom is -0.493 e. The summed E-state index contributed by atoms with van der Waals surface area (Å²) in [6.07, 6.45) is 4.36. The lowest BCUT2D eigenvalue weighted by atomic mass is 9.87. The molecule has 0 spiro atoms. The number of ether oxygens (including phenoxy) is 2. The number of carbonyl (C=O) groups is 1. The number of hydrogen-bond donors (Lipinski definition) is 1. The van der Waals surface area contributed by atoms with Gasteiger partial charge < -0.3 is 14.8 Å². The molecule has 2 aromatic rings. The van der Waals surface area contributed by atoms with Crippen molar-refractivity contribution in [3.8, 4) is 11.5 Å². The molecule has 1 unspecified atom stereocenters. The molecule has 0 aliphatic carbocycles. The third kappa shape index (κ3) is 6.84. The summed E-state index contributed by atoms with van der Waals surface area (Å²) >= 11 is 0. The van der Waals surface area contributed by atoms with Crippen LogP contribution in [0.25, 0.3) is 0 Å². The number of hydrogen-bond acceptors (Lipinski definition) is 5. The second-order valence-corrected chi connectivity index (χ2v) is 8.66. The number of amides is 1. The van der Waals surface area contributed by atoms with E-state index in [0.29, 0.717) is 18.3 Å². The minimum absolute atomic E-state index is 0. The van der Waals surface area contributed by atoms with Gasteiger partial charge in [-0.25, -0.2) is 0 Å². The number of rotatable bonds is 9. The van der Waals surface area contributed by atoms with E-state index in [1.165, 1.54) is 0 Å². The van der Waals surface area contributed by atoms with Gasteiger partial charge in [-0.1, -0.05) is 32.0 Å². The zero-order chi connectivity index (χ0) is 22.2. The molecule has 176 valence electrons. The van der Waals surface area contributed by atoms with E-state index < -0.39 is 0 Å². The van der Waals surface area contributed by atoms with Gasteiger partial charge in [0.25, 0.3) is 0 Å². The molecule has 1 aliphatic heterocycles. The van der Waals surface area contributed by atoms with Gasteiger partial charge in [0.2, 0.25) is 5.91 Å². The number of nitrogens with zero attached hydrogens (tertiary/aromatic N) is 2. The number of likely N-dealkylation sites (tertiary alicyclic amines) is 1. The summed E-state index contributed by atoms with van der Waals surface area (Å²) in [5, 5.41) is 3.28. The van der Waals surface area contributed by atoms with Crippen LogP contribution in [0.1, 0.15) is 50.4 Å². The van der Waals surface area contributed by atoms with E-state index in [-0.39, 0.29) is 24.4 Å². The number of para-hydroxylation sites is 1. The van der Waals surface area contributed by atoms with Gasteiger partial charge >= 0.3 is 0 Å². The SMILES string of the molecule is COc1cccc(CN2CCC(C(NC(=O)CC(C)C)c3ccccn3)CC2)c1OC.Cl. The van der Waals surface area contributed by atoms with Crippen LogP contribution in [0.4, 0.5) is 0 Å². The Hall–Kier alpha value is -2.31. The molecular weight excluding hydrogens is 426 g/mol. The Kier molecular flexibility index (Phi) is 10.3. The Bertz CT molecular complexity index is 840. The van der Waals surface area contributed by atoms with Crippen molar-refractivity contribution >= 4 is 18.3 Å². The fourth-order valence-corrected chi connectivity index (χ4v) is 4.36. The molecule has 3 rings (SSSR count). The highest BCUT2D eigenvalue weighted by atomic mass is 35.5. The van der Waals surface area contributed by atoms with Gasteiger partial charge in [-0.3, -0.25) is 14.7 Å². The lowest BCUT2D eigenvalue weighted by Crippen LogP contribution is -2.41. The van der Waals surface area contributed by atoms with Gasteiger partial charge in [-0.05, 0) is 56.0 Å².